The predicted molar refractivity (Wildman–Crippen MR) is 78.1 cm³/mol. The van der Waals surface area contributed by atoms with E-state index in [1.54, 1.807) is 0 Å². The number of carbonyl (C=O) groups is 1. The van der Waals surface area contributed by atoms with Gasteiger partial charge in [0.15, 0.2) is 11.0 Å². The number of amides is 1. The maximum absolute atomic E-state index is 12.0. The Morgan fingerprint density at radius 2 is 1.95 bits per heavy atom. The van der Waals surface area contributed by atoms with Crippen molar-refractivity contribution < 1.29 is 9.72 Å². The van der Waals surface area contributed by atoms with Gasteiger partial charge in [0.1, 0.15) is 16.4 Å². The number of halogens is 3. The van der Waals surface area contributed by atoms with Gasteiger partial charge in [-0.3, -0.25) is 14.9 Å². The Balaban J connectivity index is 2.31. The highest BCUT2D eigenvalue weighted by Gasteiger charge is 2.18. The molecule has 0 saturated carbocycles. The van der Waals surface area contributed by atoms with E-state index in [1.165, 1.54) is 12.1 Å². The first-order valence-corrected chi connectivity index (χ1v) is 6.45. The molecule has 1 heterocycles. The number of aromatic nitrogens is 2. The number of nitro groups is 1. The highest BCUT2D eigenvalue weighted by molar-refractivity contribution is 6.43. The number of nitrogens with zero attached hydrogens (tertiary/aromatic N) is 3. The molecule has 0 fully saturated rings. The number of hydrogen-bond donors (Lipinski definition) is 1. The van der Waals surface area contributed by atoms with Gasteiger partial charge in [0, 0.05) is 11.6 Å². The van der Waals surface area contributed by atoms with Gasteiger partial charge in [-0.2, -0.15) is 0 Å². The van der Waals surface area contributed by atoms with E-state index in [-0.39, 0.29) is 32.3 Å². The molecule has 108 valence electrons. The van der Waals surface area contributed by atoms with E-state index in [0.29, 0.717) is 0 Å². The van der Waals surface area contributed by atoms with E-state index in [4.69, 9.17) is 34.8 Å². The van der Waals surface area contributed by atoms with Crippen LogP contribution in [0.2, 0.25) is 15.2 Å². The molecule has 7 nitrogen and oxygen atoms in total. The number of rotatable bonds is 3. The molecule has 0 atom stereocenters. The van der Waals surface area contributed by atoms with Crippen LogP contribution in [-0.2, 0) is 0 Å². The molecule has 0 unspecified atom stereocenters. The van der Waals surface area contributed by atoms with Crippen molar-refractivity contribution in [1.29, 1.82) is 0 Å². The lowest BCUT2D eigenvalue weighted by Gasteiger charge is -2.06. The van der Waals surface area contributed by atoms with Gasteiger partial charge in [0.2, 0.25) is 0 Å². The average Bonchev–Trinajstić information content (AvgIpc) is 2.44. The maximum atomic E-state index is 12.0. The number of carbonyl (C=O) groups excluding carboxylic acids is 1. The highest BCUT2D eigenvalue weighted by Crippen LogP contribution is 2.27. The van der Waals surface area contributed by atoms with Gasteiger partial charge in [0.05, 0.1) is 4.92 Å². The van der Waals surface area contributed by atoms with E-state index >= 15 is 0 Å². The quantitative estimate of drug-likeness (QED) is 0.519. The van der Waals surface area contributed by atoms with E-state index in [2.05, 4.69) is 15.3 Å². The summed E-state index contributed by atoms with van der Waals surface area (Å²) in [5.74, 6) is -0.647. The Morgan fingerprint density at radius 1 is 1.24 bits per heavy atom. The van der Waals surface area contributed by atoms with Crippen LogP contribution in [0.3, 0.4) is 0 Å². The third kappa shape index (κ3) is 3.38. The molecule has 1 aromatic heterocycles. The smallest absolute Gasteiger partial charge is 0.288 e. The normalized spacial score (nSPS) is 10.2. The fourth-order valence-corrected chi connectivity index (χ4v) is 1.87. The van der Waals surface area contributed by atoms with Crippen LogP contribution in [0, 0.1) is 10.1 Å². The van der Waals surface area contributed by atoms with Crippen LogP contribution in [0.15, 0.2) is 24.5 Å². The molecule has 0 bridgehead atoms. The van der Waals surface area contributed by atoms with Gasteiger partial charge in [-0.1, -0.05) is 34.8 Å². The first-order valence-electron chi connectivity index (χ1n) is 5.31. The largest absolute Gasteiger partial charge is 0.305 e. The van der Waals surface area contributed by atoms with Crippen molar-refractivity contribution in [2.75, 3.05) is 5.32 Å². The Labute approximate surface area is 133 Å². The average molecular weight is 348 g/mol. The molecule has 1 aromatic carbocycles. The zero-order valence-corrected chi connectivity index (χ0v) is 12.3. The number of nitrogens with one attached hydrogen (secondary N) is 1. The van der Waals surface area contributed by atoms with Crippen LogP contribution in [0.25, 0.3) is 0 Å². The summed E-state index contributed by atoms with van der Waals surface area (Å²) in [6.07, 6.45) is 1.12. The topological polar surface area (TPSA) is 98.0 Å². The number of anilines is 1. The zero-order chi connectivity index (χ0) is 15.6. The minimum absolute atomic E-state index is 0.000676. The molecule has 0 aliphatic rings. The third-order valence-corrected chi connectivity index (χ3v) is 3.44. The lowest BCUT2D eigenvalue weighted by molar-refractivity contribution is -0.384. The molecule has 10 heteroatoms. The maximum Gasteiger partial charge on any atom is 0.288 e. The summed E-state index contributed by atoms with van der Waals surface area (Å²) in [6, 6.07) is 3.64. The van der Waals surface area contributed by atoms with E-state index in [0.717, 1.165) is 12.4 Å². The molecule has 0 radical (unpaired) electrons. The van der Waals surface area contributed by atoms with E-state index < -0.39 is 10.8 Å². The minimum Gasteiger partial charge on any atom is -0.305 e. The first kappa shape index (κ1) is 15.4. The fourth-order valence-electron chi connectivity index (χ4n) is 1.41. The Morgan fingerprint density at radius 3 is 2.62 bits per heavy atom. The lowest BCUT2D eigenvalue weighted by atomic mass is 10.2. The molecule has 0 spiro atoms. The minimum atomic E-state index is -0.687. The highest BCUT2D eigenvalue weighted by atomic mass is 35.5. The standard InChI is InChI=1S/C11H5Cl3N4O3/c12-6-2-1-5(3-7(6)18(20)21)11(19)17-10-8(13)9(14)15-4-16-10/h1-4H,(H,15,16,17,19). The van der Waals surface area contributed by atoms with E-state index in [1.807, 2.05) is 0 Å². The summed E-state index contributed by atoms with van der Waals surface area (Å²) in [6.45, 7) is 0. The van der Waals surface area contributed by atoms with Crippen LogP contribution in [-0.4, -0.2) is 20.8 Å². The van der Waals surface area contributed by atoms with Gasteiger partial charge in [-0.05, 0) is 12.1 Å². The van der Waals surface area contributed by atoms with E-state index in [9.17, 15) is 14.9 Å². The van der Waals surface area contributed by atoms with Crippen LogP contribution < -0.4 is 5.32 Å². The number of benzene rings is 1. The summed E-state index contributed by atoms with van der Waals surface area (Å²) in [5, 5.41) is 13.0. The van der Waals surface area contributed by atoms with Crippen LogP contribution >= 0.6 is 34.8 Å². The Bertz CT molecular complexity index is 739. The molecule has 1 amide bonds. The zero-order valence-electron chi connectivity index (χ0n) is 10.0. The van der Waals surface area contributed by atoms with Gasteiger partial charge >= 0.3 is 0 Å². The fraction of sp³-hybridized carbons (Fsp3) is 0. The predicted octanol–water partition coefficient (Wildman–Crippen LogP) is 3.60. The summed E-state index contributed by atoms with van der Waals surface area (Å²) in [5.41, 5.74) is -0.354. The Kier molecular flexibility index (Phi) is 4.56. The second-order valence-electron chi connectivity index (χ2n) is 3.70. The molecule has 0 saturated heterocycles. The van der Waals surface area contributed by atoms with Crippen LogP contribution in [0.4, 0.5) is 11.5 Å². The van der Waals surface area contributed by atoms with Crippen molar-refractivity contribution in [3.8, 4) is 0 Å². The number of nitro benzene ring substituents is 1. The van der Waals surface area contributed by atoms with Crippen molar-refractivity contribution in [3.63, 3.8) is 0 Å². The third-order valence-electron chi connectivity index (χ3n) is 2.38. The van der Waals surface area contributed by atoms with Gasteiger partial charge in [-0.25, -0.2) is 9.97 Å². The molecule has 1 N–H and O–H groups in total. The summed E-state index contributed by atoms with van der Waals surface area (Å²) in [7, 11) is 0. The summed E-state index contributed by atoms with van der Waals surface area (Å²) < 4.78 is 0. The van der Waals surface area contributed by atoms with Crippen molar-refractivity contribution in [2.24, 2.45) is 0 Å². The first-order chi connectivity index (χ1) is 9.90. The molecular weight excluding hydrogens is 343 g/mol. The van der Waals surface area contributed by atoms with Gasteiger partial charge in [-0.15, -0.1) is 0 Å². The van der Waals surface area contributed by atoms with Crippen LogP contribution in [0.1, 0.15) is 10.4 Å². The summed E-state index contributed by atoms with van der Waals surface area (Å²) >= 11 is 17.2. The molecule has 2 rings (SSSR count). The SMILES string of the molecule is O=C(Nc1ncnc(Cl)c1Cl)c1ccc(Cl)c([N+](=O)[O-])c1. The van der Waals surface area contributed by atoms with Crippen molar-refractivity contribution in [1.82, 2.24) is 9.97 Å². The summed E-state index contributed by atoms with van der Waals surface area (Å²) in [4.78, 5) is 29.5. The van der Waals surface area contributed by atoms with Crippen molar-refractivity contribution in [3.05, 3.63) is 55.4 Å². The Hall–Kier alpha value is -1.96. The second kappa shape index (κ2) is 6.21. The monoisotopic (exact) mass is 346 g/mol. The molecule has 0 aliphatic carbocycles. The van der Waals surface area contributed by atoms with Gasteiger partial charge < -0.3 is 5.32 Å². The lowest BCUT2D eigenvalue weighted by Crippen LogP contribution is -2.14. The van der Waals surface area contributed by atoms with Gasteiger partial charge in [0.25, 0.3) is 11.6 Å². The molecule has 0 aliphatic heterocycles. The van der Waals surface area contributed by atoms with Crippen LogP contribution in [0.5, 0.6) is 0 Å². The number of hydrogen-bond acceptors (Lipinski definition) is 5. The van der Waals surface area contributed by atoms with Crippen molar-refractivity contribution in [2.45, 2.75) is 0 Å². The molecular formula is C11H5Cl3N4O3. The molecule has 21 heavy (non-hydrogen) atoms. The second-order valence-corrected chi connectivity index (χ2v) is 4.85. The molecule has 2 aromatic rings. The van der Waals surface area contributed by atoms with Crippen molar-refractivity contribution >= 4 is 52.2 Å².